The Balaban J connectivity index is 1.37. The number of thiophene rings is 4. The smallest absolute Gasteiger partial charge is 0.130 e. The molecule has 0 N–H and O–H groups in total. The minimum atomic E-state index is 0.811. The fraction of sp³-hybridized carbons (Fsp3) is 0.385. The molecule has 0 aliphatic rings. The lowest BCUT2D eigenvalue weighted by atomic mass is 10.3. The van der Waals surface area contributed by atoms with E-state index in [-0.39, 0.29) is 0 Å². The molecule has 0 aliphatic heterocycles. The molecule has 0 saturated carbocycles. The van der Waals surface area contributed by atoms with Gasteiger partial charge in [-0.3, -0.25) is 0 Å². The standard InChI is InChI=1S/C26H30O2S4/c1-3-5-7-13-27-19-15-25(29-17-19)23-11-9-21(31-23)22-10-12-24(32-22)26-16-20(18-30-26)28-14-8-6-4-2/h9-12,15-18H,3-8,13-14H2,1-2H3. The van der Waals surface area contributed by atoms with Crippen molar-refractivity contribution in [2.24, 2.45) is 0 Å². The Morgan fingerprint density at radius 1 is 0.562 bits per heavy atom. The normalized spacial score (nSPS) is 11.2. The van der Waals surface area contributed by atoms with Crippen molar-refractivity contribution in [3.05, 3.63) is 47.2 Å². The molecule has 170 valence electrons. The zero-order valence-corrected chi connectivity index (χ0v) is 22.0. The highest BCUT2D eigenvalue weighted by Crippen LogP contribution is 2.43. The zero-order chi connectivity index (χ0) is 22.2. The first-order valence-electron chi connectivity index (χ1n) is 11.4. The molecule has 0 spiro atoms. The fourth-order valence-corrected chi connectivity index (χ4v) is 7.30. The average molecular weight is 503 g/mol. The highest BCUT2D eigenvalue weighted by Gasteiger charge is 2.12. The molecule has 0 fully saturated rings. The van der Waals surface area contributed by atoms with Crippen molar-refractivity contribution in [3.8, 4) is 40.8 Å². The van der Waals surface area contributed by atoms with Crippen LogP contribution in [0.4, 0.5) is 0 Å². The molecule has 0 saturated heterocycles. The monoisotopic (exact) mass is 502 g/mol. The van der Waals surface area contributed by atoms with E-state index < -0.39 is 0 Å². The van der Waals surface area contributed by atoms with Gasteiger partial charge in [-0.1, -0.05) is 39.5 Å². The fourth-order valence-electron chi connectivity index (χ4n) is 3.34. The van der Waals surface area contributed by atoms with Crippen molar-refractivity contribution in [1.82, 2.24) is 0 Å². The molecule has 0 bridgehead atoms. The van der Waals surface area contributed by atoms with Crippen LogP contribution in [0.15, 0.2) is 47.2 Å². The molecule has 0 unspecified atom stereocenters. The van der Waals surface area contributed by atoms with Crippen molar-refractivity contribution in [2.75, 3.05) is 13.2 Å². The molecule has 4 aromatic heterocycles. The van der Waals surface area contributed by atoms with Crippen LogP contribution in [0, 0.1) is 0 Å². The second-order valence-corrected chi connectivity index (χ2v) is 11.7. The summed E-state index contributed by atoms with van der Waals surface area (Å²) in [5, 5.41) is 4.26. The van der Waals surface area contributed by atoms with E-state index >= 15 is 0 Å². The van der Waals surface area contributed by atoms with Crippen LogP contribution in [0.2, 0.25) is 0 Å². The lowest BCUT2D eigenvalue weighted by Gasteiger charge is -2.01. The van der Waals surface area contributed by atoms with Crippen LogP contribution in [0.5, 0.6) is 11.5 Å². The molecule has 0 radical (unpaired) electrons. The maximum absolute atomic E-state index is 5.90. The van der Waals surface area contributed by atoms with Gasteiger partial charge in [-0.15, -0.1) is 45.3 Å². The Morgan fingerprint density at radius 2 is 0.969 bits per heavy atom. The van der Waals surface area contributed by atoms with Gasteiger partial charge in [0.15, 0.2) is 0 Å². The van der Waals surface area contributed by atoms with Crippen LogP contribution >= 0.6 is 45.3 Å². The number of hydrogen-bond donors (Lipinski definition) is 0. The van der Waals surface area contributed by atoms with Crippen molar-refractivity contribution < 1.29 is 9.47 Å². The van der Waals surface area contributed by atoms with Gasteiger partial charge in [0.2, 0.25) is 0 Å². The number of rotatable bonds is 13. The summed E-state index contributed by atoms with van der Waals surface area (Å²) in [6.45, 7) is 6.06. The molecule has 4 heterocycles. The third kappa shape index (κ3) is 6.25. The predicted molar refractivity (Wildman–Crippen MR) is 144 cm³/mol. The van der Waals surface area contributed by atoms with Crippen LogP contribution in [0.3, 0.4) is 0 Å². The lowest BCUT2D eigenvalue weighted by Crippen LogP contribution is -1.95. The summed E-state index contributed by atoms with van der Waals surface area (Å²) >= 11 is 7.25. The molecule has 6 heteroatoms. The van der Waals surface area contributed by atoms with E-state index in [4.69, 9.17) is 9.47 Å². The van der Waals surface area contributed by atoms with Crippen LogP contribution in [0.25, 0.3) is 29.3 Å². The maximum Gasteiger partial charge on any atom is 0.130 e. The lowest BCUT2D eigenvalue weighted by molar-refractivity contribution is 0.307. The Labute approximate surface area is 207 Å². The van der Waals surface area contributed by atoms with E-state index in [0.29, 0.717) is 0 Å². The number of hydrogen-bond acceptors (Lipinski definition) is 6. The Morgan fingerprint density at radius 3 is 1.38 bits per heavy atom. The van der Waals surface area contributed by atoms with Crippen LogP contribution in [0.1, 0.15) is 52.4 Å². The number of unbranched alkanes of at least 4 members (excludes halogenated alkanes) is 4. The highest BCUT2D eigenvalue weighted by atomic mass is 32.1. The largest absolute Gasteiger partial charge is 0.493 e. The van der Waals surface area contributed by atoms with Crippen molar-refractivity contribution >= 4 is 45.3 Å². The van der Waals surface area contributed by atoms with Crippen LogP contribution < -0.4 is 9.47 Å². The van der Waals surface area contributed by atoms with Gasteiger partial charge < -0.3 is 9.47 Å². The van der Waals surface area contributed by atoms with Crippen molar-refractivity contribution in [1.29, 1.82) is 0 Å². The van der Waals surface area contributed by atoms with Crippen molar-refractivity contribution in [3.63, 3.8) is 0 Å². The Hall–Kier alpha value is -1.60. The molecule has 32 heavy (non-hydrogen) atoms. The summed E-state index contributed by atoms with van der Waals surface area (Å²) in [4.78, 5) is 7.83. The molecule has 4 rings (SSSR count). The average Bonchev–Trinajstić information content (AvgIpc) is 3.60. The topological polar surface area (TPSA) is 18.5 Å². The van der Waals surface area contributed by atoms with E-state index in [2.05, 4.69) is 61.0 Å². The van der Waals surface area contributed by atoms with Crippen LogP contribution in [-0.2, 0) is 0 Å². The Kier molecular flexibility index (Phi) is 8.85. The first-order valence-corrected chi connectivity index (χ1v) is 14.8. The summed E-state index contributed by atoms with van der Waals surface area (Å²) in [6, 6.07) is 13.3. The quantitative estimate of drug-likeness (QED) is 0.169. The molecule has 0 aliphatic carbocycles. The summed E-state index contributed by atoms with van der Waals surface area (Å²) in [5.74, 6) is 2.00. The predicted octanol–water partition coefficient (Wildman–Crippen LogP) is 10.1. The van der Waals surface area contributed by atoms with Gasteiger partial charge in [-0.25, -0.2) is 0 Å². The molecule has 0 amide bonds. The molecule has 2 nitrogen and oxygen atoms in total. The minimum Gasteiger partial charge on any atom is -0.493 e. The van der Waals surface area contributed by atoms with Gasteiger partial charge in [0.05, 0.1) is 13.2 Å². The van der Waals surface area contributed by atoms with E-state index in [1.165, 1.54) is 54.9 Å². The maximum atomic E-state index is 5.90. The van der Waals surface area contributed by atoms with Gasteiger partial charge in [0.1, 0.15) is 11.5 Å². The van der Waals surface area contributed by atoms with Gasteiger partial charge in [0, 0.05) is 40.0 Å². The number of ether oxygens (including phenoxy) is 2. The van der Waals surface area contributed by atoms with Crippen LogP contribution in [-0.4, -0.2) is 13.2 Å². The van der Waals surface area contributed by atoms with Gasteiger partial charge >= 0.3 is 0 Å². The SMILES string of the molecule is CCCCCOc1csc(-c2ccc(-c3ccc(-c4cc(OCCCCC)cs4)s3)s2)c1. The first-order chi connectivity index (χ1) is 15.8. The van der Waals surface area contributed by atoms with E-state index in [1.54, 1.807) is 22.7 Å². The van der Waals surface area contributed by atoms with E-state index in [9.17, 15) is 0 Å². The molecular weight excluding hydrogens is 473 g/mol. The van der Waals surface area contributed by atoms with Gasteiger partial charge in [-0.2, -0.15) is 0 Å². The molecular formula is C26H30O2S4. The summed E-state index contributed by atoms with van der Waals surface area (Å²) < 4.78 is 11.8. The second-order valence-electron chi connectivity index (χ2n) is 7.73. The highest BCUT2D eigenvalue weighted by molar-refractivity contribution is 7.28. The molecule has 0 atom stereocenters. The van der Waals surface area contributed by atoms with Gasteiger partial charge in [-0.05, 0) is 49.2 Å². The van der Waals surface area contributed by atoms with E-state index in [0.717, 1.165) is 37.6 Å². The third-order valence-corrected chi connectivity index (χ3v) is 9.70. The second kappa shape index (κ2) is 12.0. The molecule has 4 aromatic rings. The summed E-state index contributed by atoms with van der Waals surface area (Å²) in [5.41, 5.74) is 0. The van der Waals surface area contributed by atoms with E-state index in [1.807, 2.05) is 22.7 Å². The summed E-state index contributed by atoms with van der Waals surface area (Å²) in [7, 11) is 0. The zero-order valence-electron chi connectivity index (χ0n) is 18.7. The van der Waals surface area contributed by atoms with Crippen molar-refractivity contribution in [2.45, 2.75) is 52.4 Å². The van der Waals surface area contributed by atoms with Gasteiger partial charge in [0.25, 0.3) is 0 Å². The summed E-state index contributed by atoms with van der Waals surface area (Å²) in [6.07, 6.45) is 7.16. The minimum absolute atomic E-state index is 0.811. The molecule has 0 aromatic carbocycles. The first kappa shape index (κ1) is 23.6. The third-order valence-electron chi connectivity index (χ3n) is 5.12. The Bertz CT molecular complexity index is 998.